The molecule has 0 saturated carbocycles. The Kier molecular flexibility index (Phi) is 2.52. The zero-order chi connectivity index (χ0) is 15.7. The van der Waals surface area contributed by atoms with Crippen molar-refractivity contribution in [2.45, 2.75) is 18.4 Å². The summed E-state index contributed by atoms with van der Waals surface area (Å²) in [5.74, 6) is 0.218. The predicted molar refractivity (Wildman–Crippen MR) is 92.4 cm³/mol. The second kappa shape index (κ2) is 4.38. The van der Waals surface area contributed by atoms with Gasteiger partial charge in [0.2, 0.25) is 5.88 Å². The molecule has 23 heavy (non-hydrogen) atoms. The lowest BCUT2D eigenvalue weighted by atomic mass is 10.1. The van der Waals surface area contributed by atoms with Crippen LogP contribution >= 0.6 is 15.9 Å². The maximum Gasteiger partial charge on any atom is 0.336 e. The second-order valence-corrected chi connectivity index (χ2v) is 6.96. The van der Waals surface area contributed by atoms with E-state index in [9.17, 15) is 9.90 Å². The number of fused-ring (bicyclic) bond motifs is 6. The van der Waals surface area contributed by atoms with Gasteiger partial charge in [0.25, 0.3) is 0 Å². The van der Waals surface area contributed by atoms with E-state index in [4.69, 9.17) is 0 Å². The highest BCUT2D eigenvalue weighted by molar-refractivity contribution is 9.10. The third-order valence-corrected chi connectivity index (χ3v) is 5.62. The van der Waals surface area contributed by atoms with Crippen LogP contribution in [0, 0.1) is 0 Å². The van der Waals surface area contributed by atoms with Gasteiger partial charge in [-0.05, 0) is 23.9 Å². The lowest BCUT2D eigenvalue weighted by Crippen LogP contribution is -2.24. The fourth-order valence-corrected chi connectivity index (χ4v) is 4.40. The average molecular weight is 369 g/mol. The monoisotopic (exact) mass is 368 g/mol. The van der Waals surface area contributed by atoms with Crippen molar-refractivity contribution < 1.29 is 5.11 Å². The van der Waals surface area contributed by atoms with Gasteiger partial charge in [0, 0.05) is 15.8 Å². The summed E-state index contributed by atoms with van der Waals surface area (Å²) in [5.41, 5.74) is 1.30. The van der Waals surface area contributed by atoms with E-state index in [-0.39, 0.29) is 23.5 Å². The van der Waals surface area contributed by atoms with Crippen LogP contribution in [0.25, 0.3) is 16.5 Å². The van der Waals surface area contributed by atoms with Crippen molar-refractivity contribution in [1.29, 1.82) is 0 Å². The molecule has 114 valence electrons. The van der Waals surface area contributed by atoms with Crippen LogP contribution in [0.4, 0.5) is 0 Å². The quantitative estimate of drug-likeness (QED) is 0.663. The first kappa shape index (κ1) is 13.2. The normalized spacial score (nSPS) is 21.3. The Hall–Kier alpha value is -2.27. The molecule has 0 fully saturated rings. The molecule has 0 radical (unpaired) electrons. The minimum absolute atomic E-state index is 0.0688. The molecule has 1 aliphatic heterocycles. The molecule has 2 atom stereocenters. The van der Waals surface area contributed by atoms with Gasteiger partial charge in [0.05, 0.1) is 17.4 Å². The molecule has 4 nitrogen and oxygen atoms in total. The van der Waals surface area contributed by atoms with Crippen LogP contribution in [0.5, 0.6) is 5.88 Å². The average Bonchev–Trinajstić information content (AvgIpc) is 3.24. The highest BCUT2D eigenvalue weighted by Crippen LogP contribution is 2.46. The predicted octanol–water partition coefficient (Wildman–Crippen LogP) is 3.86. The maximum absolute atomic E-state index is 12.9. The number of aromatic hydroxyl groups is 1. The standard InChI is InChI=1S/C18H13BrN2O2/c19-14-7-8-15(13-4-2-1-3-12(13)14)21-17(22)16-10-5-6-11(9-10)20(16)18(21)23/h1-8,10-11,22H,9H2. The molecule has 2 aromatic carbocycles. The Morgan fingerprint density at radius 3 is 2.65 bits per heavy atom. The zero-order valence-corrected chi connectivity index (χ0v) is 13.7. The summed E-state index contributed by atoms with van der Waals surface area (Å²) in [7, 11) is 0. The van der Waals surface area contributed by atoms with Crippen LogP contribution in [-0.4, -0.2) is 14.2 Å². The SMILES string of the molecule is O=c1n(-c2ccc(Br)c3ccccc23)c(O)c2n1C1C=CC2C1. The van der Waals surface area contributed by atoms with Crippen LogP contribution in [0.1, 0.15) is 24.1 Å². The molecule has 0 spiro atoms. The van der Waals surface area contributed by atoms with Crippen LogP contribution in [0.3, 0.4) is 0 Å². The van der Waals surface area contributed by atoms with E-state index in [1.807, 2.05) is 36.4 Å². The fourth-order valence-electron chi connectivity index (χ4n) is 3.92. The zero-order valence-electron chi connectivity index (χ0n) is 12.1. The van der Waals surface area contributed by atoms with E-state index in [1.165, 1.54) is 4.57 Å². The van der Waals surface area contributed by atoms with E-state index < -0.39 is 0 Å². The lowest BCUT2D eigenvalue weighted by Gasteiger charge is -2.10. The number of hydrogen-bond donors (Lipinski definition) is 1. The van der Waals surface area contributed by atoms with Crippen LogP contribution in [-0.2, 0) is 0 Å². The molecule has 5 heteroatoms. The third-order valence-electron chi connectivity index (χ3n) is 4.93. The summed E-state index contributed by atoms with van der Waals surface area (Å²) in [6, 6.07) is 11.7. The van der Waals surface area contributed by atoms with E-state index in [0.717, 1.165) is 27.4 Å². The van der Waals surface area contributed by atoms with Crippen LogP contribution in [0.2, 0.25) is 0 Å². The van der Waals surface area contributed by atoms with Gasteiger partial charge < -0.3 is 5.11 Å². The van der Waals surface area contributed by atoms with E-state index in [0.29, 0.717) is 5.69 Å². The molecule has 3 aromatic rings. The molecule has 2 heterocycles. The van der Waals surface area contributed by atoms with E-state index in [1.54, 1.807) is 4.57 Å². The summed E-state index contributed by atoms with van der Waals surface area (Å²) in [6.45, 7) is 0. The minimum atomic E-state index is -0.165. The number of rotatable bonds is 1. The molecule has 2 aliphatic rings. The third kappa shape index (κ3) is 1.58. The van der Waals surface area contributed by atoms with Crippen molar-refractivity contribution in [3.8, 4) is 11.6 Å². The Bertz CT molecular complexity index is 1060. The summed E-state index contributed by atoms with van der Waals surface area (Å²) in [4.78, 5) is 12.9. The van der Waals surface area contributed by atoms with Crippen molar-refractivity contribution in [3.05, 3.63) is 69.2 Å². The van der Waals surface area contributed by atoms with Gasteiger partial charge >= 0.3 is 5.69 Å². The van der Waals surface area contributed by atoms with E-state index in [2.05, 4.69) is 28.1 Å². The molecule has 0 amide bonds. The van der Waals surface area contributed by atoms with Gasteiger partial charge in [-0.1, -0.05) is 52.3 Å². The minimum Gasteiger partial charge on any atom is -0.493 e. The van der Waals surface area contributed by atoms with Crippen molar-refractivity contribution in [3.63, 3.8) is 0 Å². The molecule has 1 aromatic heterocycles. The Morgan fingerprint density at radius 1 is 1.09 bits per heavy atom. The first-order chi connectivity index (χ1) is 11.2. The van der Waals surface area contributed by atoms with Crippen molar-refractivity contribution in [2.24, 2.45) is 0 Å². The van der Waals surface area contributed by atoms with Crippen molar-refractivity contribution >= 4 is 26.7 Å². The van der Waals surface area contributed by atoms with Gasteiger partial charge in [0.1, 0.15) is 0 Å². The largest absolute Gasteiger partial charge is 0.493 e. The Labute approximate surface area is 140 Å². The van der Waals surface area contributed by atoms with Gasteiger partial charge in [-0.2, -0.15) is 0 Å². The smallest absolute Gasteiger partial charge is 0.336 e. The molecule has 5 rings (SSSR count). The second-order valence-electron chi connectivity index (χ2n) is 6.10. The first-order valence-electron chi connectivity index (χ1n) is 7.59. The summed E-state index contributed by atoms with van der Waals surface area (Å²) in [5, 5.41) is 12.7. The van der Waals surface area contributed by atoms with Crippen LogP contribution in [0.15, 0.2) is 57.8 Å². The summed E-state index contributed by atoms with van der Waals surface area (Å²) in [6.07, 6.45) is 5.03. The number of allylic oxidation sites excluding steroid dienone is 2. The number of aromatic nitrogens is 2. The summed E-state index contributed by atoms with van der Waals surface area (Å²) >= 11 is 3.55. The molecule has 2 unspecified atom stereocenters. The van der Waals surface area contributed by atoms with Crippen molar-refractivity contribution in [2.75, 3.05) is 0 Å². The highest BCUT2D eigenvalue weighted by Gasteiger charge is 2.39. The molecular weight excluding hydrogens is 356 g/mol. The number of nitrogens with zero attached hydrogens (tertiary/aromatic N) is 2. The lowest BCUT2D eigenvalue weighted by molar-refractivity contribution is 0.433. The maximum atomic E-state index is 12.9. The number of halogens is 1. The highest BCUT2D eigenvalue weighted by atomic mass is 79.9. The van der Waals surface area contributed by atoms with Gasteiger partial charge in [-0.3, -0.25) is 4.57 Å². The number of benzene rings is 2. The molecule has 1 aliphatic carbocycles. The van der Waals surface area contributed by atoms with Gasteiger partial charge in [-0.25, -0.2) is 9.36 Å². The molecule has 0 saturated heterocycles. The van der Waals surface area contributed by atoms with E-state index >= 15 is 0 Å². The Morgan fingerprint density at radius 2 is 1.87 bits per heavy atom. The van der Waals surface area contributed by atoms with Gasteiger partial charge in [0.15, 0.2) is 0 Å². The topological polar surface area (TPSA) is 47.2 Å². The first-order valence-corrected chi connectivity index (χ1v) is 8.38. The van der Waals surface area contributed by atoms with Crippen molar-refractivity contribution in [1.82, 2.24) is 9.13 Å². The summed E-state index contributed by atoms with van der Waals surface area (Å²) < 4.78 is 4.14. The number of hydrogen-bond acceptors (Lipinski definition) is 2. The number of imidazole rings is 1. The molecule has 2 bridgehead atoms. The molecule has 1 N–H and O–H groups in total. The Balaban J connectivity index is 1.86. The van der Waals surface area contributed by atoms with Gasteiger partial charge in [-0.15, -0.1) is 0 Å². The van der Waals surface area contributed by atoms with Crippen LogP contribution < -0.4 is 5.69 Å². The fraction of sp³-hybridized carbons (Fsp3) is 0.167. The molecular formula is C18H13BrN2O2.